The van der Waals surface area contributed by atoms with Gasteiger partial charge < -0.3 is 10.5 Å². The van der Waals surface area contributed by atoms with Gasteiger partial charge in [-0.15, -0.1) is 0 Å². The molecule has 0 aliphatic heterocycles. The molecule has 0 aliphatic carbocycles. The number of nitrogens with two attached hydrogens (primary N) is 1. The van der Waals surface area contributed by atoms with Crippen molar-refractivity contribution in [3.05, 3.63) is 35.4 Å². The van der Waals surface area contributed by atoms with Gasteiger partial charge in [0.1, 0.15) is 6.04 Å². The van der Waals surface area contributed by atoms with Crippen LogP contribution in [0.1, 0.15) is 17.5 Å². The molecule has 1 rings (SSSR count). The van der Waals surface area contributed by atoms with Crippen molar-refractivity contribution in [1.82, 2.24) is 0 Å². The third-order valence-electron chi connectivity index (χ3n) is 2.52. The first-order chi connectivity index (χ1) is 7.88. The van der Waals surface area contributed by atoms with Crippen molar-refractivity contribution in [1.29, 1.82) is 0 Å². The largest absolute Gasteiger partial charge is 0.468 e. The van der Waals surface area contributed by atoms with Crippen LogP contribution in [0.4, 0.5) is 8.78 Å². The van der Waals surface area contributed by atoms with E-state index in [1.165, 1.54) is 12.1 Å². The highest BCUT2D eigenvalue weighted by Gasteiger charge is 2.37. The Balaban J connectivity index is 2.89. The number of hydrogen-bond donors (Lipinski definition) is 1. The van der Waals surface area contributed by atoms with Crippen LogP contribution in [0.5, 0.6) is 0 Å². The molecule has 1 aromatic carbocycles. The molecule has 0 radical (unpaired) electrons. The number of alkyl halides is 2. The molecule has 0 fully saturated rings. The molecule has 0 amide bonds. The number of halogens is 2. The van der Waals surface area contributed by atoms with Crippen molar-refractivity contribution in [2.45, 2.75) is 25.3 Å². The molecule has 3 nitrogen and oxygen atoms in total. The van der Waals surface area contributed by atoms with Crippen LogP contribution < -0.4 is 5.73 Å². The summed E-state index contributed by atoms with van der Waals surface area (Å²) >= 11 is 0. The van der Waals surface area contributed by atoms with E-state index in [9.17, 15) is 13.6 Å². The van der Waals surface area contributed by atoms with Crippen LogP contribution in [0.25, 0.3) is 0 Å². The highest BCUT2D eigenvalue weighted by molar-refractivity contribution is 5.75. The summed E-state index contributed by atoms with van der Waals surface area (Å²) in [7, 11) is 1.12. The minimum absolute atomic E-state index is 0.112. The van der Waals surface area contributed by atoms with Crippen molar-refractivity contribution in [2.24, 2.45) is 5.73 Å². The number of carbonyl (C=O) groups is 1. The second-order valence-electron chi connectivity index (χ2n) is 3.85. The number of ether oxygens (including phenoxy) is 1. The highest BCUT2D eigenvalue weighted by Crippen LogP contribution is 2.34. The Labute approximate surface area is 98.6 Å². The third kappa shape index (κ3) is 3.23. The normalized spacial score (nSPS) is 13.2. The molecule has 0 aliphatic rings. The van der Waals surface area contributed by atoms with Crippen molar-refractivity contribution < 1.29 is 18.3 Å². The fourth-order valence-corrected chi connectivity index (χ4v) is 1.60. The van der Waals surface area contributed by atoms with Gasteiger partial charge in [-0.25, -0.2) is 8.78 Å². The Hall–Kier alpha value is -1.49. The molecule has 17 heavy (non-hydrogen) atoms. The molecule has 2 N–H and O–H groups in total. The first-order valence-electron chi connectivity index (χ1n) is 5.16. The number of carbonyl (C=O) groups excluding carboxylic acids is 1. The van der Waals surface area contributed by atoms with E-state index in [-0.39, 0.29) is 5.56 Å². The van der Waals surface area contributed by atoms with E-state index < -0.39 is 24.4 Å². The Morgan fingerprint density at radius 1 is 1.47 bits per heavy atom. The number of rotatable bonds is 4. The molecular weight excluding hydrogens is 228 g/mol. The van der Waals surface area contributed by atoms with Gasteiger partial charge in [0.2, 0.25) is 0 Å². The van der Waals surface area contributed by atoms with Gasteiger partial charge >= 0.3 is 5.97 Å². The first-order valence-corrected chi connectivity index (χ1v) is 5.16. The minimum atomic E-state index is -3.14. The number of esters is 1. The Bertz CT molecular complexity index is 407. The molecule has 5 heteroatoms. The monoisotopic (exact) mass is 243 g/mol. The lowest BCUT2D eigenvalue weighted by Gasteiger charge is -2.21. The minimum Gasteiger partial charge on any atom is -0.468 e. The van der Waals surface area contributed by atoms with E-state index in [1.54, 1.807) is 19.1 Å². The van der Waals surface area contributed by atoms with Crippen molar-refractivity contribution >= 4 is 5.97 Å². The summed E-state index contributed by atoms with van der Waals surface area (Å²) in [6.45, 7) is 1.59. The molecule has 0 spiro atoms. The van der Waals surface area contributed by atoms with Crippen molar-refractivity contribution in [3.8, 4) is 0 Å². The fraction of sp³-hybridized carbons (Fsp3) is 0.417. The summed E-state index contributed by atoms with van der Waals surface area (Å²) in [5.74, 6) is -3.97. The average molecular weight is 243 g/mol. The van der Waals surface area contributed by atoms with Gasteiger partial charge in [-0.05, 0) is 12.5 Å². The number of hydrogen-bond acceptors (Lipinski definition) is 3. The summed E-state index contributed by atoms with van der Waals surface area (Å²) < 4.78 is 32.1. The number of aryl methyl sites for hydroxylation is 1. The van der Waals surface area contributed by atoms with E-state index in [0.29, 0.717) is 5.56 Å². The molecule has 1 unspecified atom stereocenters. The maximum absolute atomic E-state index is 13.9. The van der Waals surface area contributed by atoms with E-state index in [0.717, 1.165) is 7.11 Å². The lowest BCUT2D eigenvalue weighted by atomic mass is 9.97. The molecule has 0 heterocycles. The van der Waals surface area contributed by atoms with E-state index in [4.69, 9.17) is 5.73 Å². The predicted molar refractivity (Wildman–Crippen MR) is 59.7 cm³/mol. The summed E-state index contributed by atoms with van der Waals surface area (Å²) in [6, 6.07) is 4.80. The van der Waals surface area contributed by atoms with Crippen LogP contribution in [0.15, 0.2) is 24.3 Å². The molecule has 1 atom stereocenters. The van der Waals surface area contributed by atoms with Crippen LogP contribution >= 0.6 is 0 Å². The van der Waals surface area contributed by atoms with Crippen LogP contribution in [-0.2, 0) is 15.5 Å². The van der Waals surface area contributed by atoms with Gasteiger partial charge in [-0.2, -0.15) is 0 Å². The average Bonchev–Trinajstić information content (AvgIpc) is 2.27. The van der Waals surface area contributed by atoms with E-state index >= 15 is 0 Å². The molecule has 94 valence electrons. The van der Waals surface area contributed by atoms with Crippen LogP contribution in [0.2, 0.25) is 0 Å². The Morgan fingerprint density at radius 3 is 2.59 bits per heavy atom. The van der Waals surface area contributed by atoms with Crippen LogP contribution in [0, 0.1) is 6.92 Å². The summed E-state index contributed by atoms with van der Waals surface area (Å²) in [5.41, 5.74) is 5.70. The zero-order chi connectivity index (χ0) is 13.1. The maximum atomic E-state index is 13.9. The Morgan fingerprint density at radius 2 is 2.06 bits per heavy atom. The van der Waals surface area contributed by atoms with Gasteiger partial charge in [0.05, 0.1) is 7.11 Å². The topological polar surface area (TPSA) is 52.3 Å². The lowest BCUT2D eigenvalue weighted by Crippen LogP contribution is -2.37. The molecule has 0 aromatic heterocycles. The Kier molecular flexibility index (Phi) is 4.17. The van der Waals surface area contributed by atoms with Crippen molar-refractivity contribution in [2.75, 3.05) is 7.11 Å². The van der Waals surface area contributed by atoms with Gasteiger partial charge in [0.15, 0.2) is 0 Å². The lowest BCUT2D eigenvalue weighted by molar-refractivity contribution is -0.145. The predicted octanol–water partition coefficient (Wildman–Crippen LogP) is 1.98. The first kappa shape index (κ1) is 13.6. The standard InChI is InChI=1S/C12H15F2NO2/c1-8-5-3-4-6-9(8)12(13,14)7-10(15)11(16)17-2/h3-6,10H,7,15H2,1-2H3. The van der Waals surface area contributed by atoms with Crippen LogP contribution in [0.3, 0.4) is 0 Å². The molecule has 1 aromatic rings. The van der Waals surface area contributed by atoms with Crippen LogP contribution in [-0.4, -0.2) is 19.1 Å². The molecule has 0 saturated heterocycles. The number of benzene rings is 1. The third-order valence-corrected chi connectivity index (χ3v) is 2.52. The number of methoxy groups -OCH3 is 1. The van der Waals surface area contributed by atoms with E-state index in [2.05, 4.69) is 4.74 Å². The van der Waals surface area contributed by atoms with Gasteiger partial charge in [0, 0.05) is 12.0 Å². The summed E-state index contributed by atoms with van der Waals surface area (Å²) in [5, 5.41) is 0. The van der Waals surface area contributed by atoms with Gasteiger partial charge in [-0.3, -0.25) is 4.79 Å². The molecule has 0 saturated carbocycles. The summed E-state index contributed by atoms with van der Waals surface area (Å²) in [6.07, 6.45) is -0.759. The molecular formula is C12H15F2NO2. The zero-order valence-corrected chi connectivity index (χ0v) is 9.74. The quantitative estimate of drug-likeness (QED) is 0.823. The van der Waals surface area contributed by atoms with Gasteiger partial charge in [-0.1, -0.05) is 24.3 Å². The second kappa shape index (κ2) is 5.23. The zero-order valence-electron chi connectivity index (χ0n) is 9.74. The maximum Gasteiger partial charge on any atom is 0.322 e. The van der Waals surface area contributed by atoms with Crippen molar-refractivity contribution in [3.63, 3.8) is 0 Å². The smallest absolute Gasteiger partial charge is 0.322 e. The van der Waals surface area contributed by atoms with E-state index in [1.807, 2.05) is 0 Å². The second-order valence-corrected chi connectivity index (χ2v) is 3.85. The molecule has 0 bridgehead atoms. The fourth-order valence-electron chi connectivity index (χ4n) is 1.60. The summed E-state index contributed by atoms with van der Waals surface area (Å²) in [4.78, 5) is 11.0. The SMILES string of the molecule is COC(=O)C(N)CC(F)(F)c1ccccc1C. The highest BCUT2D eigenvalue weighted by atomic mass is 19.3. The van der Waals surface area contributed by atoms with Gasteiger partial charge in [0.25, 0.3) is 5.92 Å².